The highest BCUT2D eigenvalue weighted by Gasteiger charge is 2.24. The molecule has 0 radical (unpaired) electrons. The van der Waals surface area contributed by atoms with Crippen molar-refractivity contribution in [3.63, 3.8) is 0 Å². The van der Waals surface area contributed by atoms with E-state index in [0.29, 0.717) is 0 Å². The lowest BCUT2D eigenvalue weighted by molar-refractivity contribution is 0.553. The maximum absolute atomic E-state index is 4.33. The van der Waals surface area contributed by atoms with E-state index in [0.717, 1.165) is 29.0 Å². The van der Waals surface area contributed by atoms with Gasteiger partial charge in [0.1, 0.15) is 0 Å². The fourth-order valence-electron chi connectivity index (χ4n) is 1.84. The quantitative estimate of drug-likeness (QED) is 0.915. The van der Waals surface area contributed by atoms with Gasteiger partial charge in [0.15, 0.2) is 4.60 Å². The molecule has 0 saturated carbocycles. The zero-order chi connectivity index (χ0) is 13.1. The smallest absolute Gasteiger partial charge is 0.153 e. The van der Waals surface area contributed by atoms with Crippen molar-refractivity contribution in [3.05, 3.63) is 26.4 Å². The Hall–Kier alpha value is -0.790. The molecule has 1 unspecified atom stereocenters. The van der Waals surface area contributed by atoms with Gasteiger partial charge in [-0.1, -0.05) is 12.1 Å². The Morgan fingerprint density at radius 2 is 2.33 bits per heavy atom. The number of aromatic nitrogens is 4. The molecule has 0 fully saturated rings. The van der Waals surface area contributed by atoms with Gasteiger partial charge in [-0.25, -0.2) is 9.67 Å². The van der Waals surface area contributed by atoms with Crippen LogP contribution in [0.2, 0.25) is 0 Å². The lowest BCUT2D eigenvalue weighted by Gasteiger charge is -2.18. The number of thiazole rings is 1. The van der Waals surface area contributed by atoms with E-state index in [1.807, 2.05) is 19.5 Å². The lowest BCUT2D eigenvalue weighted by Crippen LogP contribution is -2.25. The lowest BCUT2D eigenvalue weighted by atomic mass is 10.1. The number of hydrogen-bond acceptors (Lipinski definition) is 5. The molecule has 0 spiro atoms. The number of aryl methyl sites for hydroxylation is 2. The fourth-order valence-corrected chi connectivity index (χ4v) is 3.27. The summed E-state index contributed by atoms with van der Waals surface area (Å²) >= 11 is 5.13. The summed E-state index contributed by atoms with van der Waals surface area (Å²) in [6.07, 6.45) is 1.08. The maximum Gasteiger partial charge on any atom is 0.153 e. The zero-order valence-electron chi connectivity index (χ0n) is 10.6. The van der Waals surface area contributed by atoms with Crippen LogP contribution in [-0.4, -0.2) is 26.5 Å². The van der Waals surface area contributed by atoms with Crippen LogP contribution in [0.1, 0.15) is 35.7 Å². The van der Waals surface area contributed by atoms with Crippen molar-refractivity contribution in [1.29, 1.82) is 0 Å². The normalized spacial score (nSPS) is 12.9. The third-order valence-electron chi connectivity index (χ3n) is 2.74. The van der Waals surface area contributed by atoms with Gasteiger partial charge < -0.3 is 5.32 Å². The van der Waals surface area contributed by atoms with Crippen LogP contribution in [-0.2, 0) is 7.05 Å². The Kier molecular flexibility index (Phi) is 4.47. The van der Waals surface area contributed by atoms with Gasteiger partial charge in [-0.05, 0) is 35.8 Å². The summed E-state index contributed by atoms with van der Waals surface area (Å²) in [5.41, 5.74) is 3.97. The van der Waals surface area contributed by atoms with Gasteiger partial charge in [0.2, 0.25) is 0 Å². The van der Waals surface area contributed by atoms with Crippen LogP contribution in [0.3, 0.4) is 0 Å². The van der Waals surface area contributed by atoms with E-state index in [1.54, 1.807) is 16.0 Å². The molecular weight excluding hydrogens is 314 g/mol. The predicted molar refractivity (Wildman–Crippen MR) is 75.7 cm³/mol. The summed E-state index contributed by atoms with van der Waals surface area (Å²) in [4.78, 5) is 5.55. The van der Waals surface area contributed by atoms with Crippen molar-refractivity contribution >= 4 is 27.3 Å². The minimum Gasteiger partial charge on any atom is -0.304 e. The first-order chi connectivity index (χ1) is 8.65. The monoisotopic (exact) mass is 329 g/mol. The summed E-state index contributed by atoms with van der Waals surface area (Å²) < 4.78 is 2.59. The minimum absolute atomic E-state index is 0.0897. The second-order valence-electron chi connectivity index (χ2n) is 4.08. The van der Waals surface area contributed by atoms with Crippen molar-refractivity contribution in [3.8, 4) is 0 Å². The summed E-state index contributed by atoms with van der Waals surface area (Å²) in [6.45, 7) is 5.13. The molecule has 0 aliphatic carbocycles. The Morgan fingerprint density at radius 1 is 1.56 bits per heavy atom. The van der Waals surface area contributed by atoms with Gasteiger partial charge in [-0.3, -0.25) is 0 Å². The molecule has 98 valence electrons. The van der Waals surface area contributed by atoms with E-state index in [9.17, 15) is 0 Å². The molecule has 7 heteroatoms. The third-order valence-corrected chi connectivity index (χ3v) is 4.30. The summed E-state index contributed by atoms with van der Waals surface area (Å²) in [5, 5.41) is 11.6. The van der Waals surface area contributed by atoms with Gasteiger partial charge in [-0.15, -0.1) is 16.4 Å². The molecule has 0 aliphatic heterocycles. The fraction of sp³-hybridized carbons (Fsp3) is 0.545. The van der Waals surface area contributed by atoms with E-state index in [2.05, 4.69) is 43.5 Å². The Labute approximate surface area is 119 Å². The second kappa shape index (κ2) is 5.90. The van der Waals surface area contributed by atoms with Gasteiger partial charge in [-0.2, -0.15) is 0 Å². The predicted octanol–water partition coefficient (Wildman–Crippen LogP) is 2.43. The molecule has 5 nitrogen and oxygen atoms in total. The van der Waals surface area contributed by atoms with Crippen LogP contribution in [0.25, 0.3) is 0 Å². The second-order valence-corrected chi connectivity index (χ2v) is 5.72. The van der Waals surface area contributed by atoms with E-state index in [1.165, 1.54) is 4.88 Å². The van der Waals surface area contributed by atoms with Crippen LogP contribution in [0, 0.1) is 6.92 Å². The van der Waals surface area contributed by atoms with Crippen molar-refractivity contribution in [2.75, 3.05) is 6.54 Å². The molecule has 0 bridgehead atoms. The van der Waals surface area contributed by atoms with Crippen LogP contribution in [0.5, 0.6) is 0 Å². The van der Waals surface area contributed by atoms with Gasteiger partial charge in [0, 0.05) is 7.05 Å². The highest BCUT2D eigenvalue weighted by molar-refractivity contribution is 9.10. The molecule has 1 atom stereocenters. The summed E-state index contributed by atoms with van der Waals surface area (Å²) in [7, 11) is 1.91. The molecule has 0 aromatic carbocycles. The van der Waals surface area contributed by atoms with Crippen molar-refractivity contribution in [2.45, 2.75) is 26.3 Å². The van der Waals surface area contributed by atoms with E-state index >= 15 is 0 Å². The van der Waals surface area contributed by atoms with E-state index in [4.69, 9.17) is 0 Å². The molecule has 0 amide bonds. The largest absolute Gasteiger partial charge is 0.304 e. The summed E-state index contributed by atoms with van der Waals surface area (Å²) in [6, 6.07) is 0.0897. The Balaban J connectivity index is 2.40. The van der Waals surface area contributed by atoms with Crippen molar-refractivity contribution in [1.82, 2.24) is 25.3 Å². The Morgan fingerprint density at radius 3 is 2.83 bits per heavy atom. The number of nitrogens with zero attached hydrogens (tertiary/aromatic N) is 4. The summed E-state index contributed by atoms with van der Waals surface area (Å²) in [5.74, 6) is 0. The SMILES string of the molecule is CCCNC(c1scnc1C)c1c(Br)nnn1C. The first kappa shape index (κ1) is 13.6. The first-order valence-electron chi connectivity index (χ1n) is 5.83. The van der Waals surface area contributed by atoms with E-state index < -0.39 is 0 Å². The van der Waals surface area contributed by atoms with Crippen LogP contribution < -0.4 is 5.32 Å². The van der Waals surface area contributed by atoms with E-state index in [-0.39, 0.29) is 6.04 Å². The molecule has 0 saturated heterocycles. The average Bonchev–Trinajstić information content (AvgIpc) is 2.90. The van der Waals surface area contributed by atoms with Crippen molar-refractivity contribution in [2.24, 2.45) is 7.05 Å². The number of hydrogen-bond donors (Lipinski definition) is 1. The molecule has 2 aromatic heterocycles. The number of halogens is 1. The molecule has 2 heterocycles. The molecule has 1 N–H and O–H groups in total. The number of rotatable bonds is 5. The molecular formula is C11H16BrN5S. The molecule has 2 rings (SSSR count). The van der Waals surface area contributed by atoms with Gasteiger partial charge in [0.25, 0.3) is 0 Å². The van der Waals surface area contributed by atoms with Crippen LogP contribution >= 0.6 is 27.3 Å². The van der Waals surface area contributed by atoms with Gasteiger partial charge >= 0.3 is 0 Å². The van der Waals surface area contributed by atoms with Gasteiger partial charge in [0.05, 0.1) is 27.8 Å². The molecule has 18 heavy (non-hydrogen) atoms. The maximum atomic E-state index is 4.33. The molecule has 0 aliphatic rings. The van der Waals surface area contributed by atoms with Crippen LogP contribution in [0.15, 0.2) is 10.1 Å². The topological polar surface area (TPSA) is 55.6 Å². The zero-order valence-corrected chi connectivity index (χ0v) is 13.0. The minimum atomic E-state index is 0.0897. The third kappa shape index (κ3) is 2.62. The van der Waals surface area contributed by atoms with Crippen LogP contribution in [0.4, 0.5) is 0 Å². The highest BCUT2D eigenvalue weighted by atomic mass is 79.9. The average molecular weight is 330 g/mol. The first-order valence-corrected chi connectivity index (χ1v) is 7.50. The van der Waals surface area contributed by atoms with Crippen molar-refractivity contribution < 1.29 is 0 Å². The standard InChI is InChI=1S/C11H16BrN5S/c1-4-5-13-8(10-7(2)14-6-18-10)9-11(12)15-16-17(9)3/h6,8,13H,4-5H2,1-3H3. The highest BCUT2D eigenvalue weighted by Crippen LogP contribution is 2.30. The molecule has 2 aromatic rings. The Bertz CT molecular complexity index is 502. The number of nitrogens with one attached hydrogen (secondary N) is 1.